The fourth-order valence-electron chi connectivity index (χ4n) is 5.08. The van der Waals surface area contributed by atoms with Crippen LogP contribution in [-0.4, -0.2) is 59.3 Å². The summed E-state index contributed by atoms with van der Waals surface area (Å²) in [7, 11) is 0. The van der Waals surface area contributed by atoms with Crippen LogP contribution in [0.5, 0.6) is 0 Å². The number of aromatic nitrogens is 2. The Kier molecular flexibility index (Phi) is 5.82. The lowest BCUT2D eigenvalue weighted by Gasteiger charge is -2.39. The van der Waals surface area contributed by atoms with E-state index < -0.39 is 0 Å². The average Bonchev–Trinajstić information content (AvgIpc) is 3.04. The molecule has 0 spiro atoms. The Morgan fingerprint density at radius 2 is 1.84 bits per heavy atom. The van der Waals surface area contributed by atoms with Crippen LogP contribution < -0.4 is 15.8 Å². The Morgan fingerprint density at radius 1 is 1.10 bits per heavy atom. The van der Waals surface area contributed by atoms with E-state index in [1.165, 1.54) is 24.1 Å². The molecule has 3 aliphatic rings. The zero-order valence-corrected chi connectivity index (χ0v) is 18.9. The van der Waals surface area contributed by atoms with Crippen molar-refractivity contribution in [1.82, 2.24) is 20.3 Å². The Bertz CT molecular complexity index is 899. The van der Waals surface area contributed by atoms with Crippen molar-refractivity contribution in [3.63, 3.8) is 0 Å². The highest BCUT2D eigenvalue weighted by atomic mass is 16.5. The van der Waals surface area contributed by atoms with Gasteiger partial charge in [0.15, 0.2) is 5.82 Å². The standard InChI is InChI=1S/C24H34N6O/c1-4-25-28-18-7-5-17(6-8-18)23-26-22-13-29(16(2)3)12-11-21(22)24(27-23)30-19-9-10-20(30)15-31-14-19/h5-8,16,19-20,25,28H,4,9-15H2,1-3H3. The SMILES string of the molecule is CCNNc1ccc(-c2nc3c(c(N4C5CCC4COC5)n2)CCN(C(C)C)C3)cc1. The number of morpholine rings is 1. The van der Waals surface area contributed by atoms with Crippen molar-refractivity contribution in [2.45, 2.75) is 64.7 Å². The van der Waals surface area contributed by atoms with Crippen molar-refractivity contribution in [3.8, 4) is 11.4 Å². The van der Waals surface area contributed by atoms with E-state index in [0.29, 0.717) is 18.1 Å². The van der Waals surface area contributed by atoms with Crippen LogP contribution in [0.2, 0.25) is 0 Å². The van der Waals surface area contributed by atoms with Crippen molar-refractivity contribution < 1.29 is 4.74 Å². The maximum atomic E-state index is 5.85. The van der Waals surface area contributed by atoms with Gasteiger partial charge in [-0.25, -0.2) is 15.4 Å². The van der Waals surface area contributed by atoms with E-state index in [1.54, 1.807) is 0 Å². The van der Waals surface area contributed by atoms with Gasteiger partial charge in [-0.15, -0.1) is 0 Å². The van der Waals surface area contributed by atoms with E-state index in [0.717, 1.165) is 62.2 Å². The van der Waals surface area contributed by atoms with E-state index in [2.05, 4.69) is 65.7 Å². The first-order valence-corrected chi connectivity index (χ1v) is 11.7. The fraction of sp³-hybridized carbons (Fsp3) is 0.583. The summed E-state index contributed by atoms with van der Waals surface area (Å²) in [5, 5.41) is 0. The average molecular weight is 423 g/mol. The predicted octanol–water partition coefficient (Wildman–Crippen LogP) is 3.21. The van der Waals surface area contributed by atoms with Crippen molar-refractivity contribution in [2.75, 3.05) is 36.6 Å². The third kappa shape index (κ3) is 4.02. The number of rotatable bonds is 6. The molecule has 0 saturated carbocycles. The number of anilines is 2. The summed E-state index contributed by atoms with van der Waals surface area (Å²) in [6.45, 7) is 11.1. The van der Waals surface area contributed by atoms with Crippen LogP contribution in [0.25, 0.3) is 11.4 Å². The summed E-state index contributed by atoms with van der Waals surface area (Å²) in [5.41, 5.74) is 11.0. The molecular weight excluding hydrogens is 388 g/mol. The molecule has 7 heteroatoms. The van der Waals surface area contributed by atoms with Crippen LogP contribution in [0, 0.1) is 0 Å². The van der Waals surface area contributed by atoms with Crippen molar-refractivity contribution in [3.05, 3.63) is 35.5 Å². The van der Waals surface area contributed by atoms with Gasteiger partial charge in [-0.2, -0.15) is 0 Å². The molecule has 2 saturated heterocycles. The third-order valence-corrected chi connectivity index (χ3v) is 6.84. The van der Waals surface area contributed by atoms with E-state index in [1.807, 2.05) is 0 Å². The summed E-state index contributed by atoms with van der Waals surface area (Å²) in [6.07, 6.45) is 3.41. The van der Waals surface area contributed by atoms with Crippen LogP contribution in [0.1, 0.15) is 44.9 Å². The number of hydrazine groups is 1. The maximum absolute atomic E-state index is 5.85. The summed E-state index contributed by atoms with van der Waals surface area (Å²) in [6, 6.07) is 9.80. The van der Waals surface area contributed by atoms with Crippen LogP contribution >= 0.6 is 0 Å². The molecule has 7 nitrogen and oxygen atoms in total. The van der Waals surface area contributed by atoms with Gasteiger partial charge in [-0.05, 0) is 57.4 Å². The van der Waals surface area contributed by atoms with Gasteiger partial charge in [0.1, 0.15) is 5.82 Å². The molecule has 2 N–H and O–H groups in total. The second-order valence-corrected chi connectivity index (χ2v) is 9.17. The molecule has 4 heterocycles. The Morgan fingerprint density at radius 3 is 2.52 bits per heavy atom. The number of fused-ring (bicyclic) bond motifs is 3. The van der Waals surface area contributed by atoms with Gasteiger partial charge in [0.2, 0.25) is 0 Å². The van der Waals surface area contributed by atoms with Crippen molar-refractivity contribution in [2.24, 2.45) is 0 Å². The van der Waals surface area contributed by atoms with Crippen LogP contribution in [-0.2, 0) is 17.7 Å². The summed E-state index contributed by atoms with van der Waals surface area (Å²) in [4.78, 5) is 15.4. The minimum absolute atomic E-state index is 0.445. The second-order valence-electron chi connectivity index (χ2n) is 9.17. The number of hydrogen-bond acceptors (Lipinski definition) is 7. The molecule has 2 atom stereocenters. The largest absolute Gasteiger partial charge is 0.377 e. The lowest BCUT2D eigenvalue weighted by atomic mass is 10.0. The minimum atomic E-state index is 0.445. The molecule has 5 rings (SSSR count). The highest BCUT2D eigenvalue weighted by Gasteiger charge is 2.40. The molecule has 2 fully saturated rings. The number of hydrogen-bond donors (Lipinski definition) is 2. The van der Waals surface area contributed by atoms with E-state index >= 15 is 0 Å². The first kappa shape index (κ1) is 20.7. The molecule has 166 valence electrons. The molecule has 0 radical (unpaired) electrons. The molecule has 2 aromatic rings. The van der Waals surface area contributed by atoms with Gasteiger partial charge in [-0.3, -0.25) is 4.90 Å². The molecular formula is C24H34N6O. The zero-order valence-electron chi connectivity index (χ0n) is 18.9. The number of ether oxygens (including phenoxy) is 1. The van der Waals surface area contributed by atoms with Gasteiger partial charge in [0.05, 0.1) is 31.0 Å². The van der Waals surface area contributed by atoms with Crippen molar-refractivity contribution in [1.29, 1.82) is 0 Å². The first-order valence-electron chi connectivity index (χ1n) is 11.7. The molecule has 2 bridgehead atoms. The van der Waals surface area contributed by atoms with Gasteiger partial charge in [-0.1, -0.05) is 6.92 Å². The lowest BCUT2D eigenvalue weighted by Crippen LogP contribution is -2.47. The molecule has 31 heavy (non-hydrogen) atoms. The normalized spacial score (nSPS) is 23.3. The van der Waals surface area contributed by atoms with Crippen LogP contribution in [0.15, 0.2) is 24.3 Å². The van der Waals surface area contributed by atoms with Gasteiger partial charge < -0.3 is 15.1 Å². The number of nitrogens with zero attached hydrogens (tertiary/aromatic N) is 4. The summed E-state index contributed by atoms with van der Waals surface area (Å²) < 4.78 is 5.85. The maximum Gasteiger partial charge on any atom is 0.161 e. The Labute approximate surface area is 185 Å². The predicted molar refractivity (Wildman–Crippen MR) is 124 cm³/mol. The van der Waals surface area contributed by atoms with Gasteiger partial charge >= 0.3 is 0 Å². The smallest absolute Gasteiger partial charge is 0.161 e. The van der Waals surface area contributed by atoms with Gasteiger partial charge in [0, 0.05) is 42.5 Å². The van der Waals surface area contributed by atoms with E-state index in [4.69, 9.17) is 14.7 Å². The third-order valence-electron chi connectivity index (χ3n) is 6.84. The number of nitrogens with one attached hydrogen (secondary N) is 2. The quantitative estimate of drug-likeness (QED) is 0.693. The first-order chi connectivity index (χ1) is 15.1. The van der Waals surface area contributed by atoms with Crippen molar-refractivity contribution >= 4 is 11.5 Å². The monoisotopic (exact) mass is 422 g/mol. The van der Waals surface area contributed by atoms with E-state index in [9.17, 15) is 0 Å². The molecule has 2 unspecified atom stereocenters. The topological polar surface area (TPSA) is 65.5 Å². The van der Waals surface area contributed by atoms with Crippen LogP contribution in [0.3, 0.4) is 0 Å². The molecule has 3 aliphatic heterocycles. The summed E-state index contributed by atoms with van der Waals surface area (Å²) in [5.74, 6) is 1.99. The highest BCUT2D eigenvalue weighted by molar-refractivity contribution is 5.64. The minimum Gasteiger partial charge on any atom is -0.377 e. The lowest BCUT2D eigenvalue weighted by molar-refractivity contribution is 0.0899. The second kappa shape index (κ2) is 8.73. The molecule has 1 aromatic carbocycles. The Hall–Kier alpha value is -2.22. The molecule has 0 aliphatic carbocycles. The Balaban J connectivity index is 1.54. The summed E-state index contributed by atoms with van der Waals surface area (Å²) >= 11 is 0. The van der Waals surface area contributed by atoms with Gasteiger partial charge in [0.25, 0.3) is 0 Å². The highest BCUT2D eigenvalue weighted by Crippen LogP contribution is 2.38. The molecule has 0 amide bonds. The van der Waals surface area contributed by atoms with E-state index in [-0.39, 0.29) is 0 Å². The van der Waals surface area contributed by atoms with Crippen LogP contribution in [0.4, 0.5) is 11.5 Å². The zero-order chi connectivity index (χ0) is 21.4. The number of benzene rings is 1. The molecule has 1 aromatic heterocycles. The fourth-order valence-corrected chi connectivity index (χ4v) is 5.08.